The van der Waals surface area contributed by atoms with Crippen LogP contribution in [0.25, 0.3) is 0 Å². The van der Waals surface area contributed by atoms with Gasteiger partial charge in [0, 0.05) is 15.7 Å². The van der Waals surface area contributed by atoms with Crippen molar-refractivity contribution in [2.75, 3.05) is 15.9 Å². The van der Waals surface area contributed by atoms with Crippen molar-refractivity contribution in [2.24, 2.45) is 0 Å². The van der Waals surface area contributed by atoms with E-state index in [-0.39, 0.29) is 21.8 Å². The number of sulfonamides is 1. The monoisotopic (exact) mass is 444 g/mol. The van der Waals surface area contributed by atoms with E-state index in [1.165, 1.54) is 25.1 Å². The van der Waals surface area contributed by atoms with Gasteiger partial charge in [0.05, 0.1) is 18.0 Å². The molecule has 0 heterocycles. The van der Waals surface area contributed by atoms with Gasteiger partial charge in [0.25, 0.3) is 0 Å². The Morgan fingerprint density at radius 2 is 1.57 bits per heavy atom. The fourth-order valence-electron chi connectivity index (χ4n) is 2.61. The van der Waals surface area contributed by atoms with Crippen LogP contribution in [0.4, 0.5) is 11.4 Å². The quantitative estimate of drug-likeness (QED) is 0.677. The summed E-state index contributed by atoms with van der Waals surface area (Å²) in [6, 6.07) is 10.2. The maximum atomic E-state index is 12.7. The van der Waals surface area contributed by atoms with Crippen molar-refractivity contribution in [3.05, 3.63) is 52.5 Å². The standard InChI is InChI=1S/C19H22Cl2N2O4S/c1-12(2)27-18-7-5-16(6-8-18)22-19(24)13(3)23(28(4,25)26)17-10-14(20)9-15(21)11-17/h5-13H,1-4H3,(H,22,24). The van der Waals surface area contributed by atoms with Crippen molar-refractivity contribution in [1.82, 2.24) is 0 Å². The average molecular weight is 445 g/mol. The van der Waals surface area contributed by atoms with Gasteiger partial charge in [-0.3, -0.25) is 9.10 Å². The molecule has 1 N–H and O–H groups in total. The molecule has 0 fully saturated rings. The Morgan fingerprint density at radius 3 is 2.04 bits per heavy atom. The first-order chi connectivity index (χ1) is 13.0. The van der Waals surface area contributed by atoms with Crippen LogP contribution in [0.2, 0.25) is 10.0 Å². The molecular formula is C19H22Cl2N2O4S. The Balaban J connectivity index is 2.24. The molecule has 2 aromatic rings. The van der Waals surface area contributed by atoms with E-state index < -0.39 is 22.0 Å². The van der Waals surface area contributed by atoms with Crippen LogP contribution >= 0.6 is 23.2 Å². The minimum atomic E-state index is -3.77. The molecule has 1 atom stereocenters. The summed E-state index contributed by atoms with van der Waals surface area (Å²) in [6.07, 6.45) is 1.05. The number of amides is 1. The van der Waals surface area contributed by atoms with Crippen LogP contribution in [0.5, 0.6) is 5.75 Å². The van der Waals surface area contributed by atoms with Crippen molar-refractivity contribution < 1.29 is 17.9 Å². The highest BCUT2D eigenvalue weighted by Gasteiger charge is 2.29. The van der Waals surface area contributed by atoms with Crippen LogP contribution in [-0.4, -0.2) is 32.7 Å². The molecule has 0 aliphatic carbocycles. The van der Waals surface area contributed by atoms with E-state index in [4.69, 9.17) is 27.9 Å². The summed E-state index contributed by atoms with van der Waals surface area (Å²) in [5, 5.41) is 3.24. The minimum Gasteiger partial charge on any atom is -0.491 e. The van der Waals surface area contributed by atoms with Crippen molar-refractivity contribution >= 4 is 50.5 Å². The molecule has 0 spiro atoms. The van der Waals surface area contributed by atoms with E-state index in [0.29, 0.717) is 11.4 Å². The number of rotatable bonds is 7. The van der Waals surface area contributed by atoms with Crippen molar-refractivity contribution in [2.45, 2.75) is 32.9 Å². The second kappa shape index (κ2) is 9.03. The van der Waals surface area contributed by atoms with Gasteiger partial charge in [0.2, 0.25) is 15.9 Å². The molecule has 0 aromatic heterocycles. The van der Waals surface area contributed by atoms with E-state index in [1.54, 1.807) is 24.3 Å². The van der Waals surface area contributed by atoms with Crippen LogP contribution in [0.1, 0.15) is 20.8 Å². The van der Waals surface area contributed by atoms with Gasteiger partial charge in [-0.05, 0) is 63.2 Å². The normalized spacial score (nSPS) is 12.5. The lowest BCUT2D eigenvalue weighted by Crippen LogP contribution is -2.45. The van der Waals surface area contributed by atoms with Crippen LogP contribution in [0.3, 0.4) is 0 Å². The average Bonchev–Trinajstić information content (AvgIpc) is 2.54. The van der Waals surface area contributed by atoms with Crippen molar-refractivity contribution in [3.63, 3.8) is 0 Å². The lowest BCUT2D eigenvalue weighted by atomic mass is 10.2. The largest absolute Gasteiger partial charge is 0.491 e. The van der Waals surface area contributed by atoms with Crippen LogP contribution < -0.4 is 14.4 Å². The van der Waals surface area contributed by atoms with Gasteiger partial charge in [-0.2, -0.15) is 0 Å². The number of anilines is 2. The number of nitrogens with zero attached hydrogens (tertiary/aromatic N) is 1. The third-order valence-corrected chi connectivity index (χ3v) is 5.36. The molecule has 0 saturated heterocycles. The van der Waals surface area contributed by atoms with E-state index in [2.05, 4.69) is 5.32 Å². The third-order valence-electron chi connectivity index (χ3n) is 3.68. The Labute approximate surface area is 175 Å². The van der Waals surface area contributed by atoms with Crippen LogP contribution in [-0.2, 0) is 14.8 Å². The molecule has 0 aliphatic rings. The van der Waals surface area contributed by atoms with Gasteiger partial charge >= 0.3 is 0 Å². The Bertz CT molecular complexity index is 927. The molecule has 0 aliphatic heterocycles. The topological polar surface area (TPSA) is 75.7 Å². The molecule has 2 aromatic carbocycles. The summed E-state index contributed by atoms with van der Waals surface area (Å²) in [7, 11) is -3.77. The Morgan fingerprint density at radius 1 is 1.04 bits per heavy atom. The number of carbonyl (C=O) groups is 1. The highest BCUT2D eigenvalue weighted by Crippen LogP contribution is 2.29. The van der Waals surface area contributed by atoms with Gasteiger partial charge in [-0.25, -0.2) is 8.42 Å². The fraction of sp³-hybridized carbons (Fsp3) is 0.316. The number of hydrogen-bond acceptors (Lipinski definition) is 4. The Hall–Kier alpha value is -1.96. The second-order valence-electron chi connectivity index (χ2n) is 6.54. The van der Waals surface area contributed by atoms with E-state index >= 15 is 0 Å². The maximum Gasteiger partial charge on any atom is 0.247 e. The van der Waals surface area contributed by atoms with Gasteiger partial charge < -0.3 is 10.1 Å². The summed E-state index contributed by atoms with van der Waals surface area (Å²) in [5.41, 5.74) is 0.730. The molecule has 2 rings (SSSR count). The molecule has 0 bridgehead atoms. The summed E-state index contributed by atoms with van der Waals surface area (Å²) in [4.78, 5) is 12.7. The zero-order valence-corrected chi connectivity index (χ0v) is 18.3. The Kier molecular flexibility index (Phi) is 7.20. The number of benzene rings is 2. The summed E-state index contributed by atoms with van der Waals surface area (Å²) < 4.78 is 31.2. The number of hydrogen-bond donors (Lipinski definition) is 1. The smallest absolute Gasteiger partial charge is 0.247 e. The van der Waals surface area contributed by atoms with Gasteiger partial charge in [0.15, 0.2) is 0 Å². The molecular weight excluding hydrogens is 423 g/mol. The lowest BCUT2D eigenvalue weighted by Gasteiger charge is -2.28. The minimum absolute atomic E-state index is 0.0355. The van der Waals surface area contributed by atoms with E-state index in [1.807, 2.05) is 13.8 Å². The highest BCUT2D eigenvalue weighted by molar-refractivity contribution is 7.92. The van der Waals surface area contributed by atoms with E-state index in [0.717, 1.165) is 10.6 Å². The number of nitrogens with one attached hydrogen (secondary N) is 1. The fourth-order valence-corrected chi connectivity index (χ4v) is 4.28. The molecule has 152 valence electrons. The summed E-state index contributed by atoms with van der Waals surface area (Å²) in [6.45, 7) is 5.32. The number of halogens is 2. The van der Waals surface area contributed by atoms with Crippen LogP contribution in [0, 0.1) is 0 Å². The first kappa shape index (κ1) is 22.3. The van der Waals surface area contributed by atoms with Gasteiger partial charge in [0.1, 0.15) is 11.8 Å². The van der Waals surface area contributed by atoms with Crippen molar-refractivity contribution in [1.29, 1.82) is 0 Å². The van der Waals surface area contributed by atoms with Gasteiger partial charge in [-0.1, -0.05) is 23.2 Å². The molecule has 1 amide bonds. The van der Waals surface area contributed by atoms with E-state index in [9.17, 15) is 13.2 Å². The SMILES string of the molecule is CC(C)Oc1ccc(NC(=O)C(C)N(c2cc(Cl)cc(Cl)c2)S(C)(=O)=O)cc1. The predicted molar refractivity (Wildman–Crippen MR) is 114 cm³/mol. The number of carbonyl (C=O) groups excluding carboxylic acids is 1. The molecule has 6 nitrogen and oxygen atoms in total. The molecule has 0 saturated carbocycles. The molecule has 9 heteroatoms. The summed E-state index contributed by atoms with van der Waals surface area (Å²) >= 11 is 12.0. The van der Waals surface area contributed by atoms with Gasteiger partial charge in [-0.15, -0.1) is 0 Å². The third kappa shape index (κ3) is 6.02. The zero-order valence-electron chi connectivity index (χ0n) is 15.9. The zero-order chi connectivity index (χ0) is 21.1. The molecule has 0 radical (unpaired) electrons. The first-order valence-electron chi connectivity index (χ1n) is 8.50. The summed E-state index contributed by atoms with van der Waals surface area (Å²) in [5.74, 6) is 0.173. The van der Waals surface area contributed by atoms with Crippen molar-refractivity contribution in [3.8, 4) is 5.75 Å². The first-order valence-corrected chi connectivity index (χ1v) is 11.1. The molecule has 28 heavy (non-hydrogen) atoms. The lowest BCUT2D eigenvalue weighted by molar-refractivity contribution is -0.116. The maximum absolute atomic E-state index is 12.7. The predicted octanol–water partition coefficient (Wildman–Crippen LogP) is 4.57. The highest BCUT2D eigenvalue weighted by atomic mass is 35.5. The second-order valence-corrected chi connectivity index (χ2v) is 9.27. The number of ether oxygens (including phenoxy) is 1. The van der Waals surface area contributed by atoms with Crippen LogP contribution in [0.15, 0.2) is 42.5 Å². The molecule has 1 unspecified atom stereocenters.